The Labute approximate surface area is 170 Å². The Kier molecular flexibility index (Phi) is 5.25. The lowest BCUT2D eigenvalue weighted by molar-refractivity contribution is 0.102. The zero-order valence-electron chi connectivity index (χ0n) is 14.8. The van der Waals surface area contributed by atoms with Gasteiger partial charge in [-0.05, 0) is 59.3 Å². The van der Waals surface area contributed by atoms with Crippen LogP contribution in [0.3, 0.4) is 0 Å². The molecule has 0 bridgehead atoms. The number of aromatic nitrogens is 4. The zero-order valence-corrected chi connectivity index (χ0v) is 16.4. The number of para-hydroxylation sites is 1. The number of hydrogen-bond donors (Lipinski definition) is 1. The summed E-state index contributed by atoms with van der Waals surface area (Å²) in [6.07, 6.45) is 0. The SMILES string of the molecule is O=C(Nc1ccccc1)c1cccc(Cn2nnc(-c3ccc(Br)cc3)n2)c1. The van der Waals surface area contributed by atoms with Crippen molar-refractivity contribution in [2.45, 2.75) is 6.54 Å². The highest BCUT2D eigenvalue weighted by atomic mass is 79.9. The molecule has 0 spiro atoms. The lowest BCUT2D eigenvalue weighted by Crippen LogP contribution is -2.12. The van der Waals surface area contributed by atoms with E-state index in [9.17, 15) is 4.79 Å². The molecule has 0 atom stereocenters. The van der Waals surface area contributed by atoms with Gasteiger partial charge in [0.2, 0.25) is 5.82 Å². The molecule has 6 nitrogen and oxygen atoms in total. The Morgan fingerprint density at radius 1 is 0.964 bits per heavy atom. The van der Waals surface area contributed by atoms with E-state index in [1.54, 1.807) is 6.07 Å². The number of halogens is 1. The van der Waals surface area contributed by atoms with Crippen molar-refractivity contribution in [2.24, 2.45) is 0 Å². The van der Waals surface area contributed by atoms with Crippen molar-refractivity contribution in [2.75, 3.05) is 5.32 Å². The highest BCUT2D eigenvalue weighted by Gasteiger charge is 2.09. The summed E-state index contributed by atoms with van der Waals surface area (Å²) in [6.45, 7) is 0.427. The van der Waals surface area contributed by atoms with E-state index in [4.69, 9.17) is 0 Å². The smallest absolute Gasteiger partial charge is 0.255 e. The average Bonchev–Trinajstić information content (AvgIpc) is 3.18. The van der Waals surface area contributed by atoms with Gasteiger partial charge in [-0.15, -0.1) is 10.2 Å². The normalized spacial score (nSPS) is 10.6. The number of rotatable bonds is 5. The molecular weight excluding hydrogens is 418 g/mol. The van der Waals surface area contributed by atoms with E-state index >= 15 is 0 Å². The maximum absolute atomic E-state index is 12.5. The third-order valence-corrected chi connectivity index (χ3v) is 4.63. The van der Waals surface area contributed by atoms with Gasteiger partial charge in [-0.1, -0.05) is 46.3 Å². The van der Waals surface area contributed by atoms with E-state index in [-0.39, 0.29) is 5.91 Å². The van der Waals surface area contributed by atoms with Crippen LogP contribution in [0.2, 0.25) is 0 Å². The number of carbonyl (C=O) groups is 1. The second-order valence-corrected chi connectivity index (χ2v) is 7.09. The molecule has 4 aromatic rings. The fourth-order valence-electron chi connectivity index (χ4n) is 2.72. The first-order valence-electron chi connectivity index (χ1n) is 8.66. The van der Waals surface area contributed by atoms with Crippen molar-refractivity contribution in [3.63, 3.8) is 0 Å². The second-order valence-electron chi connectivity index (χ2n) is 6.17. The van der Waals surface area contributed by atoms with Crippen LogP contribution in [0.1, 0.15) is 15.9 Å². The molecule has 1 N–H and O–H groups in total. The molecule has 4 rings (SSSR count). The molecule has 0 saturated carbocycles. The molecule has 1 aromatic heterocycles. The average molecular weight is 434 g/mol. The van der Waals surface area contributed by atoms with Crippen LogP contribution in [-0.4, -0.2) is 26.1 Å². The van der Waals surface area contributed by atoms with Crippen molar-refractivity contribution in [3.05, 3.63) is 94.5 Å². The maximum Gasteiger partial charge on any atom is 0.255 e. The highest BCUT2D eigenvalue weighted by molar-refractivity contribution is 9.10. The van der Waals surface area contributed by atoms with Crippen molar-refractivity contribution < 1.29 is 4.79 Å². The summed E-state index contributed by atoms with van der Waals surface area (Å²) in [5, 5.41) is 15.5. The number of tetrazole rings is 1. The molecule has 7 heteroatoms. The molecule has 138 valence electrons. The van der Waals surface area contributed by atoms with Gasteiger partial charge in [0.25, 0.3) is 5.91 Å². The van der Waals surface area contributed by atoms with Crippen LogP contribution in [0.5, 0.6) is 0 Å². The van der Waals surface area contributed by atoms with Gasteiger partial charge >= 0.3 is 0 Å². The fraction of sp³-hybridized carbons (Fsp3) is 0.0476. The van der Waals surface area contributed by atoms with Crippen molar-refractivity contribution >= 4 is 27.5 Å². The molecular formula is C21H16BrN5O. The van der Waals surface area contributed by atoms with Crippen molar-refractivity contribution in [1.29, 1.82) is 0 Å². The zero-order chi connectivity index (χ0) is 19.3. The van der Waals surface area contributed by atoms with E-state index in [0.717, 1.165) is 21.3 Å². The summed E-state index contributed by atoms with van der Waals surface area (Å²) in [5.74, 6) is 0.403. The standard InChI is InChI=1S/C21H16BrN5O/c22-18-11-9-16(10-12-18)20-24-26-27(25-20)14-15-5-4-6-17(13-15)21(28)23-19-7-2-1-3-8-19/h1-13H,14H2,(H,23,28). The van der Waals surface area contributed by atoms with Crippen LogP contribution < -0.4 is 5.32 Å². The van der Waals surface area contributed by atoms with E-state index in [2.05, 4.69) is 36.7 Å². The molecule has 1 amide bonds. The molecule has 0 fully saturated rings. The maximum atomic E-state index is 12.5. The number of benzene rings is 3. The van der Waals surface area contributed by atoms with E-state index in [1.165, 1.54) is 4.80 Å². The summed E-state index contributed by atoms with van der Waals surface area (Å²) in [4.78, 5) is 14.0. The fourth-order valence-corrected chi connectivity index (χ4v) is 2.99. The minimum absolute atomic E-state index is 0.157. The van der Waals surface area contributed by atoms with Gasteiger partial charge in [0, 0.05) is 21.3 Å². The molecule has 0 unspecified atom stereocenters. The van der Waals surface area contributed by atoms with Gasteiger partial charge < -0.3 is 5.32 Å². The Bertz CT molecular complexity index is 1090. The second kappa shape index (κ2) is 8.14. The first kappa shape index (κ1) is 18.1. The summed E-state index contributed by atoms with van der Waals surface area (Å²) < 4.78 is 0.995. The predicted molar refractivity (Wildman–Crippen MR) is 111 cm³/mol. The van der Waals surface area contributed by atoms with Crippen LogP contribution in [0, 0.1) is 0 Å². The Morgan fingerprint density at radius 2 is 1.75 bits per heavy atom. The Balaban J connectivity index is 1.48. The van der Waals surface area contributed by atoms with Gasteiger partial charge in [0.15, 0.2) is 0 Å². The van der Waals surface area contributed by atoms with Crippen molar-refractivity contribution in [1.82, 2.24) is 20.2 Å². The Morgan fingerprint density at radius 3 is 2.54 bits per heavy atom. The number of nitrogens with zero attached hydrogens (tertiary/aromatic N) is 4. The number of nitrogens with one attached hydrogen (secondary N) is 1. The van der Waals surface area contributed by atoms with Gasteiger partial charge in [0.1, 0.15) is 0 Å². The molecule has 0 radical (unpaired) electrons. The number of anilines is 1. The first-order valence-corrected chi connectivity index (χ1v) is 9.46. The van der Waals surface area contributed by atoms with Crippen LogP contribution in [0.4, 0.5) is 5.69 Å². The van der Waals surface area contributed by atoms with Crippen LogP contribution in [0.25, 0.3) is 11.4 Å². The topological polar surface area (TPSA) is 72.7 Å². The van der Waals surface area contributed by atoms with Gasteiger partial charge in [-0.25, -0.2) is 0 Å². The van der Waals surface area contributed by atoms with Gasteiger partial charge in [-0.2, -0.15) is 4.80 Å². The van der Waals surface area contributed by atoms with Gasteiger partial charge in [-0.3, -0.25) is 4.79 Å². The van der Waals surface area contributed by atoms with Crippen LogP contribution >= 0.6 is 15.9 Å². The molecule has 1 heterocycles. The van der Waals surface area contributed by atoms with Crippen molar-refractivity contribution in [3.8, 4) is 11.4 Å². The van der Waals surface area contributed by atoms with E-state index < -0.39 is 0 Å². The third kappa shape index (κ3) is 4.32. The predicted octanol–water partition coefficient (Wildman–Crippen LogP) is 4.40. The number of hydrogen-bond acceptors (Lipinski definition) is 4. The Hall–Kier alpha value is -3.32. The first-order chi connectivity index (χ1) is 13.7. The molecule has 3 aromatic carbocycles. The summed E-state index contributed by atoms with van der Waals surface area (Å²) >= 11 is 3.41. The molecule has 28 heavy (non-hydrogen) atoms. The number of amides is 1. The molecule has 0 aliphatic rings. The third-order valence-electron chi connectivity index (χ3n) is 4.10. The molecule has 0 aliphatic heterocycles. The monoisotopic (exact) mass is 433 g/mol. The van der Waals surface area contributed by atoms with Crippen LogP contribution in [-0.2, 0) is 6.54 Å². The quantitative estimate of drug-likeness (QED) is 0.505. The molecule has 0 aliphatic carbocycles. The van der Waals surface area contributed by atoms with E-state index in [0.29, 0.717) is 17.9 Å². The summed E-state index contributed by atoms with van der Waals surface area (Å²) in [7, 11) is 0. The minimum Gasteiger partial charge on any atom is -0.322 e. The number of carbonyl (C=O) groups excluding carboxylic acids is 1. The summed E-state index contributed by atoms with van der Waals surface area (Å²) in [6, 6.07) is 24.5. The lowest BCUT2D eigenvalue weighted by Gasteiger charge is -2.06. The lowest BCUT2D eigenvalue weighted by atomic mass is 10.1. The van der Waals surface area contributed by atoms with E-state index in [1.807, 2.05) is 72.8 Å². The molecule has 0 saturated heterocycles. The minimum atomic E-state index is -0.157. The highest BCUT2D eigenvalue weighted by Crippen LogP contribution is 2.18. The van der Waals surface area contributed by atoms with Gasteiger partial charge in [0.05, 0.1) is 6.54 Å². The van der Waals surface area contributed by atoms with Crippen LogP contribution in [0.15, 0.2) is 83.3 Å². The summed E-state index contributed by atoms with van der Waals surface area (Å²) in [5.41, 5.74) is 3.15. The largest absolute Gasteiger partial charge is 0.322 e.